The molecule has 1 aliphatic heterocycles. The van der Waals surface area contributed by atoms with Gasteiger partial charge >= 0.3 is 0 Å². The van der Waals surface area contributed by atoms with E-state index in [2.05, 4.69) is 19.1 Å². The van der Waals surface area contributed by atoms with Crippen LogP contribution < -0.4 is 4.74 Å². The number of para-hydroxylation sites is 1. The van der Waals surface area contributed by atoms with Gasteiger partial charge in [0, 0.05) is 5.56 Å². The van der Waals surface area contributed by atoms with Gasteiger partial charge in [-0.2, -0.15) is 0 Å². The number of fused-ring (bicyclic) bond motifs is 1. The number of benzene rings is 1. The average molecular weight is 159 g/mol. The van der Waals surface area contributed by atoms with Gasteiger partial charge in [0.05, 0.1) is 0 Å². The minimum Gasteiger partial charge on any atom is -0.486 e. The van der Waals surface area contributed by atoms with Gasteiger partial charge in [-0.05, 0) is 25.5 Å². The summed E-state index contributed by atoms with van der Waals surface area (Å²) in [6.07, 6.45) is 5.08. The Morgan fingerprint density at radius 1 is 1.33 bits per heavy atom. The van der Waals surface area contributed by atoms with Crippen LogP contribution in [-0.2, 0) is 0 Å². The molecule has 1 aromatic rings. The van der Waals surface area contributed by atoms with E-state index in [4.69, 9.17) is 4.74 Å². The Labute approximate surface area is 72.7 Å². The first-order valence-electron chi connectivity index (χ1n) is 4.13. The predicted octanol–water partition coefficient (Wildman–Crippen LogP) is 2.68. The molecule has 0 saturated carbocycles. The van der Waals surface area contributed by atoms with Crippen molar-refractivity contribution in [2.45, 2.75) is 12.5 Å². The van der Waals surface area contributed by atoms with Crippen LogP contribution in [0, 0.1) is 6.92 Å². The van der Waals surface area contributed by atoms with Crippen LogP contribution in [0.3, 0.4) is 0 Å². The van der Waals surface area contributed by atoms with Crippen molar-refractivity contribution in [3.63, 3.8) is 0 Å². The van der Waals surface area contributed by atoms with E-state index in [0.717, 1.165) is 17.7 Å². The molecular weight excluding hydrogens is 148 g/mol. The zero-order valence-electron chi connectivity index (χ0n) is 6.86. The van der Waals surface area contributed by atoms with Crippen molar-refractivity contribution in [1.29, 1.82) is 0 Å². The van der Waals surface area contributed by atoms with E-state index in [1.165, 1.54) is 0 Å². The van der Waals surface area contributed by atoms with Crippen LogP contribution in [0.5, 0.6) is 5.75 Å². The van der Waals surface area contributed by atoms with Crippen LogP contribution in [0.25, 0.3) is 6.08 Å². The van der Waals surface area contributed by atoms with Crippen LogP contribution in [0.1, 0.15) is 12.0 Å². The normalized spacial score (nSPS) is 19.9. The summed E-state index contributed by atoms with van der Waals surface area (Å²) in [5, 5.41) is 0. The van der Waals surface area contributed by atoms with Gasteiger partial charge in [-0.25, -0.2) is 0 Å². The van der Waals surface area contributed by atoms with Crippen molar-refractivity contribution >= 4 is 6.08 Å². The van der Waals surface area contributed by atoms with E-state index < -0.39 is 0 Å². The summed E-state index contributed by atoms with van der Waals surface area (Å²) in [5.74, 6) is 0.966. The lowest BCUT2D eigenvalue weighted by Gasteiger charge is -2.19. The Morgan fingerprint density at radius 2 is 2.17 bits per heavy atom. The molecule has 0 N–H and O–H groups in total. The van der Waals surface area contributed by atoms with Crippen molar-refractivity contribution in [2.75, 3.05) is 0 Å². The van der Waals surface area contributed by atoms with Gasteiger partial charge in [0.25, 0.3) is 0 Å². The Bertz CT molecular complexity index is 302. The highest BCUT2D eigenvalue weighted by atomic mass is 16.5. The zero-order chi connectivity index (χ0) is 8.39. The molecule has 0 saturated heterocycles. The lowest BCUT2D eigenvalue weighted by atomic mass is 10.1. The van der Waals surface area contributed by atoms with E-state index in [-0.39, 0.29) is 6.10 Å². The van der Waals surface area contributed by atoms with E-state index in [9.17, 15) is 0 Å². The van der Waals surface area contributed by atoms with Crippen LogP contribution in [0.2, 0.25) is 0 Å². The smallest absolute Gasteiger partial charge is 0.127 e. The van der Waals surface area contributed by atoms with Crippen molar-refractivity contribution < 1.29 is 4.74 Å². The second kappa shape index (κ2) is 3.02. The summed E-state index contributed by atoms with van der Waals surface area (Å²) in [7, 11) is 0. The van der Waals surface area contributed by atoms with Gasteiger partial charge in [-0.15, -0.1) is 0 Å². The minimum absolute atomic E-state index is 0.153. The zero-order valence-corrected chi connectivity index (χ0v) is 6.86. The first kappa shape index (κ1) is 7.41. The van der Waals surface area contributed by atoms with Crippen LogP contribution >= 0.6 is 0 Å². The Morgan fingerprint density at radius 3 is 3.00 bits per heavy atom. The molecule has 1 aliphatic rings. The molecule has 0 aliphatic carbocycles. The molecule has 61 valence electrons. The van der Waals surface area contributed by atoms with Crippen LogP contribution in [0.4, 0.5) is 0 Å². The predicted molar refractivity (Wildman–Crippen MR) is 49.9 cm³/mol. The highest BCUT2D eigenvalue weighted by molar-refractivity contribution is 5.59. The van der Waals surface area contributed by atoms with E-state index in [1.807, 2.05) is 24.3 Å². The lowest BCUT2D eigenvalue weighted by Crippen LogP contribution is -2.15. The van der Waals surface area contributed by atoms with Gasteiger partial charge in [0.1, 0.15) is 11.9 Å². The van der Waals surface area contributed by atoms with E-state index in [0.29, 0.717) is 0 Å². The lowest BCUT2D eigenvalue weighted by molar-refractivity contribution is 0.248. The maximum absolute atomic E-state index is 5.63. The SMILES string of the molecule is [CH2]CC1C=Cc2ccccc2O1. The fourth-order valence-corrected chi connectivity index (χ4v) is 1.29. The second-order valence-corrected chi connectivity index (χ2v) is 2.84. The highest BCUT2D eigenvalue weighted by Crippen LogP contribution is 2.25. The molecular formula is C11H11O. The summed E-state index contributed by atoms with van der Waals surface area (Å²) in [6.45, 7) is 3.81. The molecule has 1 radical (unpaired) electrons. The standard InChI is InChI=1S/C11H11O/c1-2-10-8-7-9-5-3-4-6-11(9)12-10/h3-8,10H,1-2H2. The monoisotopic (exact) mass is 159 g/mol. The molecule has 0 bridgehead atoms. The molecule has 0 spiro atoms. The van der Waals surface area contributed by atoms with Crippen molar-refractivity contribution in [3.8, 4) is 5.75 Å². The maximum atomic E-state index is 5.63. The van der Waals surface area contributed by atoms with Gasteiger partial charge in [-0.3, -0.25) is 0 Å². The van der Waals surface area contributed by atoms with Crippen LogP contribution in [-0.4, -0.2) is 6.10 Å². The third-order valence-corrected chi connectivity index (χ3v) is 1.97. The summed E-state index contributed by atoms with van der Waals surface area (Å²) >= 11 is 0. The van der Waals surface area contributed by atoms with E-state index >= 15 is 0 Å². The molecule has 2 rings (SSSR count). The summed E-state index contributed by atoms with van der Waals surface area (Å²) in [5.41, 5.74) is 1.15. The topological polar surface area (TPSA) is 9.23 Å². The number of hydrogen-bond donors (Lipinski definition) is 0. The van der Waals surface area contributed by atoms with E-state index in [1.54, 1.807) is 0 Å². The minimum atomic E-state index is 0.153. The molecule has 0 fully saturated rings. The number of hydrogen-bond acceptors (Lipinski definition) is 1. The molecule has 0 aromatic heterocycles. The molecule has 1 nitrogen and oxygen atoms in total. The van der Waals surface area contributed by atoms with Crippen LogP contribution in [0.15, 0.2) is 30.3 Å². The summed E-state index contributed by atoms with van der Waals surface area (Å²) in [4.78, 5) is 0. The Hall–Kier alpha value is -1.24. The number of rotatable bonds is 1. The van der Waals surface area contributed by atoms with Gasteiger partial charge in [0.2, 0.25) is 0 Å². The summed E-state index contributed by atoms with van der Waals surface area (Å²) in [6, 6.07) is 8.03. The molecule has 0 amide bonds. The fourth-order valence-electron chi connectivity index (χ4n) is 1.29. The quantitative estimate of drug-likeness (QED) is 0.612. The third-order valence-electron chi connectivity index (χ3n) is 1.97. The van der Waals surface area contributed by atoms with Gasteiger partial charge in [-0.1, -0.05) is 24.3 Å². The van der Waals surface area contributed by atoms with Crippen molar-refractivity contribution in [2.24, 2.45) is 0 Å². The average Bonchev–Trinajstić information content (AvgIpc) is 2.17. The first-order valence-corrected chi connectivity index (χ1v) is 4.13. The maximum Gasteiger partial charge on any atom is 0.127 e. The Kier molecular flexibility index (Phi) is 1.86. The first-order chi connectivity index (χ1) is 5.90. The molecule has 1 atom stereocenters. The van der Waals surface area contributed by atoms with Crippen molar-refractivity contribution in [1.82, 2.24) is 0 Å². The molecule has 1 unspecified atom stereocenters. The molecule has 1 aromatic carbocycles. The summed E-state index contributed by atoms with van der Waals surface area (Å²) < 4.78 is 5.63. The fraction of sp³-hybridized carbons (Fsp3) is 0.182. The molecule has 1 heterocycles. The number of ether oxygens (including phenoxy) is 1. The molecule has 12 heavy (non-hydrogen) atoms. The molecule has 1 heteroatoms. The Balaban J connectivity index is 2.33. The van der Waals surface area contributed by atoms with Crippen molar-refractivity contribution in [3.05, 3.63) is 42.8 Å². The van der Waals surface area contributed by atoms with Gasteiger partial charge in [0.15, 0.2) is 0 Å². The third kappa shape index (κ3) is 1.22. The highest BCUT2D eigenvalue weighted by Gasteiger charge is 2.10. The van der Waals surface area contributed by atoms with Gasteiger partial charge < -0.3 is 4.74 Å². The largest absolute Gasteiger partial charge is 0.486 e. The second-order valence-electron chi connectivity index (χ2n) is 2.84.